The predicted octanol–water partition coefficient (Wildman–Crippen LogP) is 4.80. The zero-order valence-corrected chi connectivity index (χ0v) is 24.6. The summed E-state index contributed by atoms with van der Waals surface area (Å²) in [7, 11) is -2.49. The Morgan fingerprint density at radius 1 is 1.11 bits per heavy atom. The molecule has 0 fully saturated rings. The fourth-order valence-electron chi connectivity index (χ4n) is 3.82. The van der Waals surface area contributed by atoms with Crippen LogP contribution in [0.1, 0.15) is 45.2 Å². The van der Waals surface area contributed by atoms with Gasteiger partial charge in [0.05, 0.1) is 19.1 Å². The van der Waals surface area contributed by atoms with E-state index in [9.17, 15) is 18.0 Å². The molecule has 37 heavy (non-hydrogen) atoms. The monoisotopic (exact) mass is 571 g/mol. The number of halogens is 2. The van der Waals surface area contributed by atoms with Crippen molar-refractivity contribution < 1.29 is 22.7 Å². The summed E-state index contributed by atoms with van der Waals surface area (Å²) in [6, 6.07) is 9.11. The molecule has 1 unspecified atom stereocenters. The van der Waals surface area contributed by atoms with Crippen LogP contribution in [0.25, 0.3) is 0 Å². The minimum Gasteiger partial charge on any atom is -0.495 e. The molecule has 0 saturated heterocycles. The van der Waals surface area contributed by atoms with Gasteiger partial charge in [-0.2, -0.15) is 0 Å². The minimum absolute atomic E-state index is 0.0873. The first kappa shape index (κ1) is 30.7. The standard InChI is InChI=1S/C26H35Cl2N3O5S/c1-8-21(25(33)29-26(3,4)5)30(15-18-19(27)10-9-11-20(18)28)24(32)16-31(37(7,34)35)22-14-17(2)12-13-23(22)36-6/h9-14,21H,8,15-16H2,1-7H3,(H,29,33). The van der Waals surface area contributed by atoms with Crippen molar-refractivity contribution in [2.75, 3.05) is 24.2 Å². The Morgan fingerprint density at radius 3 is 2.19 bits per heavy atom. The van der Waals surface area contributed by atoms with E-state index < -0.39 is 34.1 Å². The first-order chi connectivity index (χ1) is 17.1. The summed E-state index contributed by atoms with van der Waals surface area (Å²) in [5.74, 6) is -0.673. The highest BCUT2D eigenvalue weighted by atomic mass is 35.5. The molecule has 0 bridgehead atoms. The lowest BCUT2D eigenvalue weighted by molar-refractivity contribution is -0.141. The fraction of sp³-hybridized carbons (Fsp3) is 0.462. The summed E-state index contributed by atoms with van der Waals surface area (Å²) in [6.07, 6.45) is 1.29. The van der Waals surface area contributed by atoms with E-state index in [0.717, 1.165) is 16.1 Å². The average Bonchev–Trinajstić information content (AvgIpc) is 2.77. The number of amides is 2. The van der Waals surface area contributed by atoms with E-state index in [0.29, 0.717) is 21.4 Å². The Balaban J connectivity index is 2.59. The maximum atomic E-state index is 13.9. The molecule has 2 rings (SSSR count). The number of sulfonamides is 1. The van der Waals surface area contributed by atoms with Crippen LogP contribution in [0.5, 0.6) is 5.75 Å². The van der Waals surface area contributed by atoms with Crippen LogP contribution in [-0.2, 0) is 26.2 Å². The maximum Gasteiger partial charge on any atom is 0.244 e. The lowest BCUT2D eigenvalue weighted by atomic mass is 10.1. The van der Waals surface area contributed by atoms with Gasteiger partial charge < -0.3 is 15.0 Å². The molecule has 0 aromatic heterocycles. The van der Waals surface area contributed by atoms with Crippen LogP contribution in [0.2, 0.25) is 10.0 Å². The molecule has 0 heterocycles. The molecule has 0 radical (unpaired) electrons. The van der Waals surface area contributed by atoms with Crippen LogP contribution < -0.4 is 14.4 Å². The molecule has 204 valence electrons. The number of aryl methyl sites for hydroxylation is 1. The second-order valence-corrected chi connectivity index (χ2v) is 12.6. The molecule has 1 N–H and O–H groups in total. The molecular formula is C26H35Cl2N3O5S. The number of carbonyl (C=O) groups excluding carboxylic acids is 2. The summed E-state index contributed by atoms with van der Waals surface area (Å²) >= 11 is 12.8. The van der Waals surface area contributed by atoms with E-state index in [1.54, 1.807) is 50.2 Å². The molecule has 0 spiro atoms. The summed E-state index contributed by atoms with van der Waals surface area (Å²) in [5.41, 5.74) is 0.920. The van der Waals surface area contributed by atoms with Crippen molar-refractivity contribution in [1.82, 2.24) is 10.2 Å². The number of hydrogen-bond donors (Lipinski definition) is 1. The molecule has 8 nitrogen and oxygen atoms in total. The number of carbonyl (C=O) groups is 2. The number of rotatable bonds is 10. The number of hydrogen-bond acceptors (Lipinski definition) is 5. The van der Waals surface area contributed by atoms with Crippen LogP contribution >= 0.6 is 23.2 Å². The highest BCUT2D eigenvalue weighted by molar-refractivity contribution is 7.92. The highest BCUT2D eigenvalue weighted by Gasteiger charge is 2.34. The van der Waals surface area contributed by atoms with Gasteiger partial charge in [0, 0.05) is 27.7 Å². The van der Waals surface area contributed by atoms with E-state index >= 15 is 0 Å². The molecule has 11 heteroatoms. The Morgan fingerprint density at radius 2 is 1.70 bits per heavy atom. The molecular weight excluding hydrogens is 537 g/mol. The largest absolute Gasteiger partial charge is 0.495 e. The van der Waals surface area contributed by atoms with Crippen LogP contribution in [0.4, 0.5) is 5.69 Å². The molecule has 2 aromatic rings. The van der Waals surface area contributed by atoms with Gasteiger partial charge in [0.25, 0.3) is 0 Å². The second kappa shape index (κ2) is 12.4. The van der Waals surface area contributed by atoms with E-state index in [-0.39, 0.29) is 24.6 Å². The van der Waals surface area contributed by atoms with Crippen molar-refractivity contribution in [3.63, 3.8) is 0 Å². The van der Waals surface area contributed by atoms with Crippen LogP contribution in [0.3, 0.4) is 0 Å². The number of benzene rings is 2. The topological polar surface area (TPSA) is 96.0 Å². The number of ether oxygens (including phenoxy) is 1. The summed E-state index contributed by atoms with van der Waals surface area (Å²) in [6.45, 7) is 8.45. The number of anilines is 1. The Hall–Kier alpha value is -2.49. The fourth-order valence-corrected chi connectivity index (χ4v) is 5.18. The van der Waals surface area contributed by atoms with Crippen LogP contribution in [0.15, 0.2) is 36.4 Å². The Kier molecular flexibility index (Phi) is 10.3. The zero-order valence-electron chi connectivity index (χ0n) is 22.3. The van der Waals surface area contributed by atoms with Gasteiger partial charge >= 0.3 is 0 Å². The zero-order chi connectivity index (χ0) is 28.1. The van der Waals surface area contributed by atoms with Gasteiger partial charge in [-0.05, 0) is 63.9 Å². The molecule has 0 aliphatic carbocycles. The SMILES string of the molecule is CCC(C(=O)NC(C)(C)C)N(Cc1c(Cl)cccc1Cl)C(=O)CN(c1cc(C)ccc1OC)S(C)(=O)=O. The number of methoxy groups -OCH3 is 1. The summed E-state index contributed by atoms with van der Waals surface area (Å²) in [4.78, 5) is 28.5. The van der Waals surface area contributed by atoms with E-state index in [1.807, 2.05) is 20.8 Å². The van der Waals surface area contributed by atoms with E-state index in [4.69, 9.17) is 27.9 Å². The van der Waals surface area contributed by atoms with Crippen LogP contribution in [0, 0.1) is 6.92 Å². The van der Waals surface area contributed by atoms with Crippen molar-refractivity contribution >= 4 is 50.7 Å². The summed E-state index contributed by atoms with van der Waals surface area (Å²) in [5, 5.41) is 3.57. The highest BCUT2D eigenvalue weighted by Crippen LogP contribution is 2.32. The average molecular weight is 573 g/mol. The van der Waals surface area contributed by atoms with Crippen molar-refractivity contribution in [3.05, 3.63) is 57.6 Å². The van der Waals surface area contributed by atoms with Gasteiger partial charge in [0.15, 0.2) is 0 Å². The third-order valence-corrected chi connectivity index (χ3v) is 7.39. The third kappa shape index (κ3) is 8.25. The van der Waals surface area contributed by atoms with Crippen molar-refractivity contribution in [2.45, 2.75) is 59.2 Å². The quantitative estimate of drug-likeness (QED) is 0.442. The van der Waals surface area contributed by atoms with Gasteiger partial charge in [-0.25, -0.2) is 8.42 Å². The van der Waals surface area contributed by atoms with E-state index in [2.05, 4.69) is 5.32 Å². The Labute approximate surface area is 229 Å². The number of nitrogens with zero attached hydrogens (tertiary/aromatic N) is 2. The lowest BCUT2D eigenvalue weighted by Crippen LogP contribution is -2.55. The van der Waals surface area contributed by atoms with Gasteiger partial charge in [-0.3, -0.25) is 13.9 Å². The molecule has 0 saturated carbocycles. The van der Waals surface area contributed by atoms with Crippen LogP contribution in [-0.4, -0.2) is 56.6 Å². The lowest BCUT2D eigenvalue weighted by Gasteiger charge is -2.35. The smallest absolute Gasteiger partial charge is 0.244 e. The first-order valence-corrected chi connectivity index (χ1v) is 14.4. The van der Waals surface area contributed by atoms with Crippen molar-refractivity contribution in [2.24, 2.45) is 0 Å². The minimum atomic E-state index is -3.91. The summed E-state index contributed by atoms with van der Waals surface area (Å²) < 4.78 is 32.1. The molecule has 2 amide bonds. The Bertz CT molecular complexity index is 1230. The second-order valence-electron chi connectivity index (χ2n) is 9.83. The van der Waals surface area contributed by atoms with Crippen molar-refractivity contribution in [3.8, 4) is 5.75 Å². The van der Waals surface area contributed by atoms with Crippen molar-refractivity contribution in [1.29, 1.82) is 0 Å². The van der Waals surface area contributed by atoms with Gasteiger partial charge in [-0.1, -0.05) is 42.3 Å². The molecule has 2 aromatic carbocycles. The molecule has 1 atom stereocenters. The van der Waals surface area contributed by atoms with Gasteiger partial charge in [-0.15, -0.1) is 0 Å². The van der Waals surface area contributed by atoms with Gasteiger partial charge in [0.2, 0.25) is 21.8 Å². The number of nitrogens with one attached hydrogen (secondary N) is 1. The normalized spacial score (nSPS) is 12.6. The predicted molar refractivity (Wildman–Crippen MR) is 149 cm³/mol. The maximum absolute atomic E-state index is 13.9. The van der Waals surface area contributed by atoms with E-state index in [1.165, 1.54) is 12.0 Å². The third-order valence-electron chi connectivity index (χ3n) is 5.56. The molecule has 0 aliphatic rings. The molecule has 0 aliphatic heterocycles. The first-order valence-electron chi connectivity index (χ1n) is 11.8. The van der Waals surface area contributed by atoms with Gasteiger partial charge in [0.1, 0.15) is 18.3 Å².